The molecule has 2 fully saturated rings. The number of halogens is 3. The van der Waals surface area contributed by atoms with Crippen LogP contribution in [0.4, 0.5) is 13.2 Å². The lowest BCUT2D eigenvalue weighted by atomic mass is 9.78. The minimum Gasteiger partial charge on any atom is -0.368 e. The van der Waals surface area contributed by atoms with Crippen molar-refractivity contribution in [2.75, 3.05) is 7.05 Å². The zero-order chi connectivity index (χ0) is 23.5. The van der Waals surface area contributed by atoms with E-state index < -0.39 is 11.6 Å². The number of primary amides is 1. The van der Waals surface area contributed by atoms with Crippen molar-refractivity contribution >= 4 is 16.8 Å². The van der Waals surface area contributed by atoms with Gasteiger partial charge >= 0.3 is 0 Å². The molecule has 0 bridgehead atoms. The van der Waals surface area contributed by atoms with E-state index in [1.807, 2.05) is 13.8 Å². The molecule has 1 aromatic heterocycles. The van der Waals surface area contributed by atoms with Crippen molar-refractivity contribution in [2.24, 2.45) is 5.73 Å². The fraction of sp³-hybridized carbons (Fsp3) is 0.400. The molecule has 3 aromatic rings. The van der Waals surface area contributed by atoms with Gasteiger partial charge in [0.2, 0.25) is 5.91 Å². The standard InChI is InChI=1S/C18H14F3N.C5H10N2O.C2H6/c19-12-6-4-11(5-7-12)17-16(10-2-1-3-10)14-8-13(20)9-15(21)18(14)22-17;1-7-5(2-3-5)4(6)8;1-2/h4-10,22H,1-3H2;7H,2-3H2,1H3,(H2,6,8);1-2H3. The molecule has 0 atom stereocenters. The number of carbonyl (C=O) groups excluding carboxylic acids is 1. The Morgan fingerprint density at radius 3 is 2.12 bits per heavy atom. The van der Waals surface area contributed by atoms with Crippen molar-refractivity contribution in [3.63, 3.8) is 0 Å². The molecule has 0 spiro atoms. The molecular formula is C25H30F3N3O. The molecule has 5 rings (SSSR count). The second-order valence-electron chi connectivity index (χ2n) is 8.05. The maximum Gasteiger partial charge on any atom is 0.237 e. The average Bonchev–Trinajstić information content (AvgIpc) is 3.47. The summed E-state index contributed by atoms with van der Waals surface area (Å²) in [4.78, 5) is 13.6. The van der Waals surface area contributed by atoms with Gasteiger partial charge in [-0.1, -0.05) is 20.3 Å². The topological polar surface area (TPSA) is 70.9 Å². The molecule has 172 valence electrons. The minimum atomic E-state index is -0.594. The van der Waals surface area contributed by atoms with E-state index >= 15 is 0 Å². The van der Waals surface area contributed by atoms with Crippen LogP contribution in [0.15, 0.2) is 36.4 Å². The van der Waals surface area contributed by atoms with Crippen LogP contribution >= 0.6 is 0 Å². The van der Waals surface area contributed by atoms with Crippen molar-refractivity contribution in [1.29, 1.82) is 0 Å². The molecule has 32 heavy (non-hydrogen) atoms. The summed E-state index contributed by atoms with van der Waals surface area (Å²) < 4.78 is 40.8. The fourth-order valence-corrected chi connectivity index (χ4v) is 3.95. The summed E-state index contributed by atoms with van der Waals surface area (Å²) in [5.41, 5.74) is 7.55. The number of nitrogens with two attached hydrogens (primary N) is 1. The summed E-state index contributed by atoms with van der Waals surface area (Å²) in [6.45, 7) is 4.00. The van der Waals surface area contributed by atoms with Gasteiger partial charge in [0.25, 0.3) is 0 Å². The van der Waals surface area contributed by atoms with Crippen molar-refractivity contribution in [2.45, 2.75) is 57.4 Å². The fourth-order valence-electron chi connectivity index (χ4n) is 3.95. The first-order chi connectivity index (χ1) is 15.3. The predicted octanol–water partition coefficient (Wildman–Crippen LogP) is 5.77. The molecule has 4 nitrogen and oxygen atoms in total. The van der Waals surface area contributed by atoms with Crippen LogP contribution in [0.1, 0.15) is 57.4 Å². The quantitative estimate of drug-likeness (QED) is 0.477. The number of rotatable bonds is 4. The summed E-state index contributed by atoms with van der Waals surface area (Å²) in [6, 6.07) is 8.35. The Kier molecular flexibility index (Phi) is 7.29. The lowest BCUT2D eigenvalue weighted by molar-refractivity contribution is -0.120. The van der Waals surface area contributed by atoms with Gasteiger partial charge in [0.1, 0.15) is 17.5 Å². The first-order valence-electron chi connectivity index (χ1n) is 11.1. The van der Waals surface area contributed by atoms with Crippen LogP contribution in [0.25, 0.3) is 22.2 Å². The third-order valence-electron chi connectivity index (χ3n) is 6.21. The summed E-state index contributed by atoms with van der Waals surface area (Å²) in [5.74, 6) is -1.41. The van der Waals surface area contributed by atoms with Gasteiger partial charge in [-0.3, -0.25) is 4.79 Å². The molecule has 4 N–H and O–H groups in total. The van der Waals surface area contributed by atoms with E-state index in [9.17, 15) is 18.0 Å². The maximum atomic E-state index is 14.1. The van der Waals surface area contributed by atoms with Gasteiger partial charge in [0.15, 0.2) is 0 Å². The summed E-state index contributed by atoms with van der Waals surface area (Å²) in [6.07, 6.45) is 4.95. The van der Waals surface area contributed by atoms with Gasteiger partial charge in [-0.25, -0.2) is 13.2 Å². The number of hydrogen-bond acceptors (Lipinski definition) is 2. The molecule has 0 radical (unpaired) electrons. The molecule has 0 unspecified atom stereocenters. The van der Waals surface area contributed by atoms with Gasteiger partial charge in [0.05, 0.1) is 16.7 Å². The summed E-state index contributed by atoms with van der Waals surface area (Å²) >= 11 is 0. The third-order valence-corrected chi connectivity index (χ3v) is 6.21. The van der Waals surface area contributed by atoms with Crippen LogP contribution in [0.3, 0.4) is 0 Å². The largest absolute Gasteiger partial charge is 0.368 e. The van der Waals surface area contributed by atoms with Crippen molar-refractivity contribution < 1.29 is 18.0 Å². The Morgan fingerprint density at radius 1 is 1.06 bits per heavy atom. The van der Waals surface area contributed by atoms with Crippen LogP contribution in [0, 0.1) is 17.5 Å². The van der Waals surface area contributed by atoms with E-state index in [1.54, 1.807) is 19.2 Å². The number of amides is 1. The van der Waals surface area contributed by atoms with E-state index in [1.165, 1.54) is 18.2 Å². The molecule has 0 aliphatic heterocycles. The van der Waals surface area contributed by atoms with Crippen LogP contribution in [0.2, 0.25) is 0 Å². The number of carbonyl (C=O) groups is 1. The summed E-state index contributed by atoms with van der Waals surface area (Å²) in [7, 11) is 1.76. The van der Waals surface area contributed by atoms with Gasteiger partial charge in [0, 0.05) is 11.5 Å². The Morgan fingerprint density at radius 2 is 1.69 bits per heavy atom. The van der Waals surface area contributed by atoms with Crippen LogP contribution in [-0.4, -0.2) is 23.5 Å². The minimum absolute atomic E-state index is 0.222. The molecule has 0 saturated heterocycles. The van der Waals surface area contributed by atoms with Gasteiger partial charge < -0.3 is 16.0 Å². The average molecular weight is 446 g/mol. The number of aromatic amines is 1. The Labute approximate surface area is 186 Å². The highest BCUT2D eigenvalue weighted by atomic mass is 19.1. The number of nitrogens with one attached hydrogen (secondary N) is 2. The van der Waals surface area contributed by atoms with E-state index in [0.717, 1.165) is 55.0 Å². The number of likely N-dealkylation sites (N-methyl/N-ethyl adjacent to an activating group) is 1. The number of aromatic nitrogens is 1. The number of H-pyrrole nitrogens is 1. The predicted molar refractivity (Wildman–Crippen MR) is 122 cm³/mol. The highest BCUT2D eigenvalue weighted by Crippen LogP contribution is 2.45. The Balaban J connectivity index is 0.000000244. The van der Waals surface area contributed by atoms with Crippen molar-refractivity contribution in [1.82, 2.24) is 10.3 Å². The molecule has 2 aromatic carbocycles. The first-order valence-corrected chi connectivity index (χ1v) is 11.1. The zero-order valence-electron chi connectivity index (χ0n) is 18.7. The van der Waals surface area contributed by atoms with E-state index in [-0.39, 0.29) is 17.3 Å². The van der Waals surface area contributed by atoms with E-state index in [0.29, 0.717) is 16.8 Å². The zero-order valence-corrected chi connectivity index (χ0v) is 18.7. The molecule has 2 aliphatic carbocycles. The highest BCUT2D eigenvalue weighted by molar-refractivity contribution is 5.92. The Hall–Kier alpha value is -2.80. The third kappa shape index (κ3) is 4.67. The summed E-state index contributed by atoms with van der Waals surface area (Å²) in [5, 5.41) is 3.48. The normalized spacial score (nSPS) is 16.3. The van der Waals surface area contributed by atoms with Crippen LogP contribution in [0.5, 0.6) is 0 Å². The molecule has 2 aliphatic rings. The molecule has 7 heteroatoms. The van der Waals surface area contributed by atoms with Crippen LogP contribution < -0.4 is 11.1 Å². The lowest BCUT2D eigenvalue weighted by Gasteiger charge is -2.26. The number of benzene rings is 2. The lowest BCUT2D eigenvalue weighted by Crippen LogP contribution is -2.41. The van der Waals surface area contributed by atoms with Crippen molar-refractivity contribution in [3.8, 4) is 11.3 Å². The van der Waals surface area contributed by atoms with Gasteiger partial charge in [-0.15, -0.1) is 0 Å². The molecule has 1 amide bonds. The Bertz CT molecular complexity index is 1080. The molecule has 2 saturated carbocycles. The number of hydrogen-bond donors (Lipinski definition) is 3. The number of fused-ring (bicyclic) bond motifs is 1. The molecule has 1 heterocycles. The second-order valence-corrected chi connectivity index (χ2v) is 8.05. The van der Waals surface area contributed by atoms with Gasteiger partial charge in [-0.2, -0.15) is 0 Å². The van der Waals surface area contributed by atoms with Crippen molar-refractivity contribution in [3.05, 3.63) is 59.4 Å². The van der Waals surface area contributed by atoms with Gasteiger partial charge in [-0.05, 0) is 80.1 Å². The first kappa shape index (κ1) is 23.9. The SMILES string of the molecule is CC.CNC1(C(N)=O)CC1.Fc1ccc(-c2[nH]c3c(F)cc(F)cc3c2C2CCC2)cc1. The monoisotopic (exact) mass is 445 g/mol. The molecular weight excluding hydrogens is 415 g/mol. The smallest absolute Gasteiger partial charge is 0.237 e. The van der Waals surface area contributed by atoms with E-state index in [2.05, 4.69) is 10.3 Å². The van der Waals surface area contributed by atoms with E-state index in [4.69, 9.17) is 5.73 Å². The second kappa shape index (κ2) is 9.77. The highest BCUT2D eigenvalue weighted by Gasteiger charge is 2.46. The van der Waals surface area contributed by atoms with Crippen LogP contribution in [-0.2, 0) is 4.79 Å². The maximum absolute atomic E-state index is 14.1.